The Kier molecular flexibility index (Phi) is 8.42. The zero-order chi connectivity index (χ0) is 20.7. The van der Waals surface area contributed by atoms with Crippen molar-refractivity contribution in [3.63, 3.8) is 0 Å². The number of nitrogens with one attached hydrogen (secondary N) is 1. The van der Waals surface area contributed by atoms with Gasteiger partial charge in [-0.25, -0.2) is 0 Å². The Morgan fingerprint density at radius 2 is 1.79 bits per heavy atom. The molecule has 0 bridgehead atoms. The van der Waals surface area contributed by atoms with Crippen molar-refractivity contribution < 1.29 is 19.4 Å². The fourth-order valence-corrected chi connectivity index (χ4v) is 3.04. The lowest BCUT2D eigenvalue weighted by atomic mass is 10.0. The number of rotatable bonds is 10. The second-order valence-electron chi connectivity index (χ2n) is 6.92. The minimum atomic E-state index is -0.845. The lowest BCUT2D eigenvalue weighted by Crippen LogP contribution is -2.37. The number of benzene rings is 2. The molecule has 2 rings (SSSR count). The summed E-state index contributed by atoms with van der Waals surface area (Å²) in [5.41, 5.74) is 1.80. The van der Waals surface area contributed by atoms with Crippen molar-refractivity contribution in [1.29, 1.82) is 0 Å². The monoisotopic (exact) mass is 425 g/mol. The van der Waals surface area contributed by atoms with Gasteiger partial charge in [-0.2, -0.15) is 0 Å². The highest BCUT2D eigenvalue weighted by Crippen LogP contribution is 2.30. The third-order valence-corrected chi connectivity index (χ3v) is 4.90. The molecule has 0 saturated carbocycles. The van der Waals surface area contributed by atoms with Gasteiger partial charge in [-0.1, -0.05) is 49.2 Å². The van der Waals surface area contributed by atoms with Crippen LogP contribution in [0.25, 0.3) is 0 Å². The van der Waals surface area contributed by atoms with Gasteiger partial charge in [0.1, 0.15) is 12.6 Å². The maximum absolute atomic E-state index is 11.4. The molecule has 0 heterocycles. The molecule has 2 N–H and O–H groups in total. The normalized spacial score (nSPS) is 12.1. The zero-order valence-electron chi connectivity index (χ0n) is 16.2. The fraction of sp³-hybridized carbons (Fsp3) is 0.381. The highest BCUT2D eigenvalue weighted by molar-refractivity contribution is 6.42. The van der Waals surface area contributed by atoms with Crippen molar-refractivity contribution in [2.45, 2.75) is 39.5 Å². The molecule has 7 heteroatoms. The fourth-order valence-electron chi connectivity index (χ4n) is 2.72. The standard InChI is InChI=1S/C21H25Cl2NO4/c1-13(2)8-18(21(25)26)24-11-14-5-7-19(20(10-14)27-3)28-12-15-4-6-16(22)17(23)9-15/h4-7,9-10,13,18,24H,8,11-12H2,1-3H3,(H,25,26). The van der Waals surface area contributed by atoms with E-state index in [1.165, 1.54) is 0 Å². The SMILES string of the molecule is COc1cc(CNC(CC(C)C)C(=O)O)ccc1OCc1ccc(Cl)c(Cl)c1. The highest BCUT2D eigenvalue weighted by Gasteiger charge is 2.18. The van der Waals surface area contributed by atoms with E-state index in [-0.39, 0.29) is 0 Å². The molecule has 0 aliphatic carbocycles. The Morgan fingerprint density at radius 3 is 2.39 bits per heavy atom. The number of carboxylic acid groups (broad SMARTS) is 1. The van der Waals surface area contributed by atoms with Crippen molar-refractivity contribution in [3.8, 4) is 11.5 Å². The summed E-state index contributed by atoms with van der Waals surface area (Å²) in [4.78, 5) is 11.4. The second-order valence-corrected chi connectivity index (χ2v) is 7.74. The molecule has 1 unspecified atom stereocenters. The Balaban J connectivity index is 2.02. The van der Waals surface area contributed by atoms with E-state index in [1.54, 1.807) is 19.2 Å². The first-order valence-corrected chi connectivity index (χ1v) is 9.75. The van der Waals surface area contributed by atoms with Gasteiger partial charge in [0.05, 0.1) is 17.2 Å². The van der Waals surface area contributed by atoms with Gasteiger partial charge in [0.15, 0.2) is 11.5 Å². The van der Waals surface area contributed by atoms with Crippen molar-refractivity contribution in [3.05, 3.63) is 57.6 Å². The molecule has 0 amide bonds. The summed E-state index contributed by atoms with van der Waals surface area (Å²) < 4.78 is 11.3. The number of ether oxygens (including phenoxy) is 2. The molecule has 0 radical (unpaired) electrons. The van der Waals surface area contributed by atoms with Crippen molar-refractivity contribution in [2.75, 3.05) is 7.11 Å². The van der Waals surface area contributed by atoms with Crippen molar-refractivity contribution >= 4 is 29.2 Å². The first-order valence-electron chi connectivity index (χ1n) is 9.00. The van der Waals surface area contributed by atoms with Gasteiger partial charge in [0.2, 0.25) is 0 Å². The first-order chi connectivity index (χ1) is 13.3. The molecule has 2 aromatic rings. The minimum Gasteiger partial charge on any atom is -0.493 e. The van der Waals surface area contributed by atoms with Crippen LogP contribution in [0.2, 0.25) is 10.0 Å². The number of hydrogen-bond acceptors (Lipinski definition) is 4. The Morgan fingerprint density at radius 1 is 1.07 bits per heavy atom. The van der Waals surface area contributed by atoms with E-state index in [0.29, 0.717) is 47.0 Å². The van der Waals surface area contributed by atoms with E-state index in [0.717, 1.165) is 11.1 Å². The van der Waals surface area contributed by atoms with Gasteiger partial charge in [0, 0.05) is 6.54 Å². The zero-order valence-corrected chi connectivity index (χ0v) is 17.7. The molecule has 28 heavy (non-hydrogen) atoms. The lowest BCUT2D eigenvalue weighted by molar-refractivity contribution is -0.140. The number of halogens is 2. The molecule has 0 spiro atoms. The van der Waals surface area contributed by atoms with Crippen molar-refractivity contribution in [1.82, 2.24) is 5.32 Å². The van der Waals surface area contributed by atoms with Gasteiger partial charge in [0.25, 0.3) is 0 Å². The summed E-state index contributed by atoms with van der Waals surface area (Å²) in [6.07, 6.45) is 0.567. The predicted molar refractivity (Wildman–Crippen MR) is 112 cm³/mol. The van der Waals surface area contributed by atoms with Gasteiger partial charge >= 0.3 is 5.97 Å². The van der Waals surface area contributed by atoms with Crippen LogP contribution >= 0.6 is 23.2 Å². The Labute approximate surface area is 175 Å². The largest absolute Gasteiger partial charge is 0.493 e. The molecule has 2 aromatic carbocycles. The van der Waals surface area contributed by atoms with E-state index in [4.69, 9.17) is 32.7 Å². The molecule has 0 saturated heterocycles. The molecular formula is C21H25Cl2NO4. The average Bonchev–Trinajstić information content (AvgIpc) is 2.65. The lowest BCUT2D eigenvalue weighted by Gasteiger charge is -2.17. The van der Waals surface area contributed by atoms with E-state index >= 15 is 0 Å². The highest BCUT2D eigenvalue weighted by atomic mass is 35.5. The van der Waals surface area contributed by atoms with Gasteiger partial charge in [-0.15, -0.1) is 0 Å². The van der Waals surface area contributed by atoms with Crippen LogP contribution in [0.15, 0.2) is 36.4 Å². The smallest absolute Gasteiger partial charge is 0.320 e. The summed E-state index contributed by atoms with van der Waals surface area (Å²) in [7, 11) is 1.57. The van der Waals surface area contributed by atoms with Crippen LogP contribution in [0.3, 0.4) is 0 Å². The number of aliphatic carboxylic acids is 1. The van der Waals surface area contributed by atoms with E-state index in [9.17, 15) is 9.90 Å². The van der Waals surface area contributed by atoms with Crippen LogP contribution in [0, 0.1) is 5.92 Å². The third kappa shape index (κ3) is 6.59. The number of methoxy groups -OCH3 is 1. The average molecular weight is 426 g/mol. The number of carbonyl (C=O) groups is 1. The quantitative estimate of drug-likeness (QED) is 0.549. The molecule has 1 atom stereocenters. The topological polar surface area (TPSA) is 67.8 Å². The molecule has 0 aliphatic rings. The molecular weight excluding hydrogens is 401 g/mol. The number of hydrogen-bond donors (Lipinski definition) is 2. The van der Waals surface area contributed by atoms with Crippen LogP contribution < -0.4 is 14.8 Å². The minimum absolute atomic E-state index is 0.292. The maximum Gasteiger partial charge on any atom is 0.320 e. The van der Waals surface area contributed by atoms with Crippen LogP contribution in [0.5, 0.6) is 11.5 Å². The maximum atomic E-state index is 11.4. The second kappa shape index (κ2) is 10.6. The van der Waals surface area contributed by atoms with Crippen LogP contribution in [0.4, 0.5) is 0 Å². The predicted octanol–water partition coefficient (Wildman–Crippen LogP) is 5.17. The van der Waals surface area contributed by atoms with Crippen LogP contribution in [0.1, 0.15) is 31.4 Å². The van der Waals surface area contributed by atoms with Gasteiger partial charge < -0.3 is 19.9 Å². The third-order valence-electron chi connectivity index (χ3n) is 4.16. The Hall–Kier alpha value is -1.95. The van der Waals surface area contributed by atoms with Crippen LogP contribution in [-0.2, 0) is 17.9 Å². The molecule has 0 aromatic heterocycles. The van der Waals surface area contributed by atoms with Gasteiger partial charge in [-0.3, -0.25) is 4.79 Å². The number of carboxylic acids is 1. The van der Waals surface area contributed by atoms with E-state index < -0.39 is 12.0 Å². The molecule has 5 nitrogen and oxygen atoms in total. The summed E-state index contributed by atoms with van der Waals surface area (Å²) in [6, 6.07) is 10.3. The van der Waals surface area contributed by atoms with Gasteiger partial charge in [-0.05, 0) is 47.7 Å². The van der Waals surface area contributed by atoms with E-state index in [2.05, 4.69) is 5.32 Å². The molecule has 0 fully saturated rings. The first kappa shape index (κ1) is 22.3. The summed E-state index contributed by atoms with van der Waals surface area (Å²) >= 11 is 12.0. The summed E-state index contributed by atoms with van der Waals surface area (Å²) in [6.45, 7) is 4.74. The van der Waals surface area contributed by atoms with Crippen LogP contribution in [-0.4, -0.2) is 24.2 Å². The molecule has 0 aliphatic heterocycles. The Bertz CT molecular complexity index is 811. The van der Waals surface area contributed by atoms with E-state index in [1.807, 2.05) is 38.1 Å². The summed E-state index contributed by atoms with van der Waals surface area (Å²) in [5, 5.41) is 13.4. The van der Waals surface area contributed by atoms with Crippen molar-refractivity contribution in [2.24, 2.45) is 5.92 Å². The summed E-state index contributed by atoms with van der Waals surface area (Å²) in [5.74, 6) is 0.618. The molecule has 152 valence electrons.